The molecule has 3 saturated heterocycles. The number of carbonyl (C=O) groups excluding carboxylic acids is 4. The lowest BCUT2D eigenvalue weighted by molar-refractivity contribution is -0.193. The summed E-state index contributed by atoms with van der Waals surface area (Å²) in [5, 5.41) is 4.59. The SMILES string of the molecule is CN1C(=O)[C@H]2N(N(C)C1=O)[C@]1(Br)C(=O)NC(=O)[C@]21Br. The van der Waals surface area contributed by atoms with Crippen molar-refractivity contribution in [3.8, 4) is 0 Å². The van der Waals surface area contributed by atoms with Crippen molar-refractivity contribution in [3.63, 3.8) is 0 Å². The molecule has 1 N–H and O–H groups in total. The van der Waals surface area contributed by atoms with Crippen molar-refractivity contribution in [2.45, 2.75) is 14.8 Å². The van der Waals surface area contributed by atoms with E-state index in [0.29, 0.717) is 0 Å². The van der Waals surface area contributed by atoms with Crippen molar-refractivity contribution < 1.29 is 19.2 Å². The number of nitrogens with zero attached hydrogens (tertiary/aromatic N) is 3. The van der Waals surface area contributed by atoms with Crippen LogP contribution in [0, 0.1) is 0 Å². The predicted octanol–water partition coefficient (Wildman–Crippen LogP) is -1.01. The number of likely N-dealkylation sites (N-methyl/N-ethyl adjacent to an activating group) is 1. The van der Waals surface area contributed by atoms with Gasteiger partial charge in [0.1, 0.15) is 6.04 Å². The molecule has 3 aliphatic rings. The Labute approximate surface area is 124 Å². The van der Waals surface area contributed by atoms with E-state index in [-0.39, 0.29) is 0 Å². The van der Waals surface area contributed by atoms with Crippen molar-refractivity contribution in [1.82, 2.24) is 20.2 Å². The Hall–Kier alpha value is -1.00. The topological polar surface area (TPSA) is 90.0 Å². The van der Waals surface area contributed by atoms with Crippen molar-refractivity contribution in [1.29, 1.82) is 0 Å². The number of halogens is 2. The lowest BCUT2D eigenvalue weighted by Gasteiger charge is -2.63. The minimum Gasteiger partial charge on any atom is -0.293 e. The zero-order chi connectivity index (χ0) is 14.3. The van der Waals surface area contributed by atoms with Gasteiger partial charge in [0.05, 0.1) is 0 Å². The third-order valence-corrected chi connectivity index (χ3v) is 6.98. The minimum absolute atomic E-state index is 0.542. The molecule has 0 bridgehead atoms. The number of hydrogen-bond acceptors (Lipinski definition) is 5. The quantitative estimate of drug-likeness (QED) is 0.322. The van der Waals surface area contributed by atoms with Gasteiger partial charge in [0.15, 0.2) is 4.32 Å². The summed E-state index contributed by atoms with van der Waals surface area (Å²) in [5.74, 6) is -1.75. The van der Waals surface area contributed by atoms with Crippen molar-refractivity contribution in [3.05, 3.63) is 0 Å². The second-order valence-corrected chi connectivity index (χ2v) is 6.97. The number of imide groups is 2. The summed E-state index contributed by atoms with van der Waals surface area (Å²) in [7, 11) is 2.77. The Morgan fingerprint density at radius 1 is 1.11 bits per heavy atom. The standard InChI is InChI=1S/C9H8Br2N4O4/c1-13-4(16)3-8(10)5(17)12-6(18)9(8,11)15(3)14(2)7(13)19/h3H,1-2H3,(H,12,17,18)/t3-,8-,9-/m1/s1. The summed E-state index contributed by atoms with van der Waals surface area (Å²) in [5.41, 5.74) is 0. The summed E-state index contributed by atoms with van der Waals surface area (Å²) in [6.07, 6.45) is 0. The third-order valence-electron chi connectivity index (χ3n) is 3.73. The van der Waals surface area contributed by atoms with E-state index in [1.54, 1.807) is 0 Å². The van der Waals surface area contributed by atoms with Gasteiger partial charge in [0.25, 0.3) is 11.8 Å². The van der Waals surface area contributed by atoms with Crippen LogP contribution in [0.2, 0.25) is 0 Å². The first kappa shape index (κ1) is 13.0. The van der Waals surface area contributed by atoms with Gasteiger partial charge >= 0.3 is 6.03 Å². The second-order valence-electron chi connectivity index (χ2n) is 4.57. The zero-order valence-corrected chi connectivity index (χ0v) is 13.0. The van der Waals surface area contributed by atoms with Crippen molar-refractivity contribution >= 4 is 55.6 Å². The molecule has 19 heavy (non-hydrogen) atoms. The molecule has 3 heterocycles. The van der Waals surface area contributed by atoms with Crippen LogP contribution in [0.1, 0.15) is 0 Å². The number of amides is 5. The van der Waals surface area contributed by atoms with Gasteiger partial charge in [0.2, 0.25) is 10.4 Å². The Bertz CT molecular complexity index is 568. The average Bonchev–Trinajstić information content (AvgIpc) is 2.49. The van der Waals surface area contributed by atoms with E-state index in [2.05, 4.69) is 37.2 Å². The highest BCUT2D eigenvalue weighted by atomic mass is 79.9. The van der Waals surface area contributed by atoms with Crippen LogP contribution >= 0.6 is 31.9 Å². The highest BCUT2D eigenvalue weighted by Crippen LogP contribution is 2.60. The number of fused-ring (bicyclic) bond motifs is 4. The van der Waals surface area contributed by atoms with E-state index in [9.17, 15) is 19.2 Å². The van der Waals surface area contributed by atoms with E-state index < -0.39 is 38.6 Å². The molecule has 0 aliphatic carbocycles. The number of alkyl halides is 2. The molecule has 3 aliphatic heterocycles. The minimum atomic E-state index is -1.47. The Morgan fingerprint density at radius 3 is 2.26 bits per heavy atom. The molecule has 3 fully saturated rings. The average molecular weight is 396 g/mol. The first-order chi connectivity index (χ1) is 8.69. The van der Waals surface area contributed by atoms with E-state index in [0.717, 1.165) is 9.91 Å². The van der Waals surface area contributed by atoms with Gasteiger partial charge in [-0.25, -0.2) is 4.79 Å². The Balaban J connectivity index is 2.17. The molecular formula is C9H8Br2N4O4. The van der Waals surface area contributed by atoms with Gasteiger partial charge in [-0.05, 0) is 0 Å². The molecule has 3 atom stereocenters. The molecule has 0 unspecified atom stereocenters. The molecule has 0 saturated carbocycles. The Morgan fingerprint density at radius 2 is 1.68 bits per heavy atom. The summed E-state index contributed by atoms with van der Waals surface area (Å²) in [6, 6.07) is -1.52. The number of rotatable bonds is 0. The number of carbonyl (C=O) groups is 4. The molecule has 0 aromatic rings. The van der Waals surface area contributed by atoms with Crippen molar-refractivity contribution in [2.24, 2.45) is 0 Å². The van der Waals surface area contributed by atoms with Crippen LogP contribution in [0.5, 0.6) is 0 Å². The molecule has 0 aromatic carbocycles. The smallest absolute Gasteiger partial charge is 0.293 e. The molecule has 8 nitrogen and oxygen atoms in total. The predicted molar refractivity (Wildman–Crippen MR) is 68.0 cm³/mol. The number of hydrogen-bond donors (Lipinski definition) is 1. The van der Waals surface area contributed by atoms with Crippen molar-refractivity contribution in [2.75, 3.05) is 14.1 Å². The lowest BCUT2D eigenvalue weighted by Crippen LogP contribution is -2.89. The normalized spacial score (nSPS) is 42.0. The number of nitrogens with one attached hydrogen (secondary N) is 1. The van der Waals surface area contributed by atoms with Gasteiger partial charge in [0, 0.05) is 14.1 Å². The maximum atomic E-state index is 12.2. The van der Waals surface area contributed by atoms with Crippen LogP contribution in [-0.4, -0.2) is 67.6 Å². The Kier molecular flexibility index (Phi) is 2.30. The third kappa shape index (κ3) is 1.06. The summed E-state index contributed by atoms with van der Waals surface area (Å²) in [4.78, 5) is 48.9. The fraction of sp³-hybridized carbons (Fsp3) is 0.556. The molecular weight excluding hydrogens is 388 g/mol. The van der Waals surface area contributed by atoms with Crippen LogP contribution < -0.4 is 5.32 Å². The van der Waals surface area contributed by atoms with Gasteiger partial charge < -0.3 is 0 Å². The van der Waals surface area contributed by atoms with E-state index in [1.165, 1.54) is 19.1 Å². The molecule has 0 spiro atoms. The molecule has 5 amide bonds. The molecule has 102 valence electrons. The summed E-state index contributed by atoms with van der Waals surface area (Å²) < 4.78 is -2.89. The first-order valence-corrected chi connectivity index (χ1v) is 6.85. The summed E-state index contributed by atoms with van der Waals surface area (Å²) >= 11 is 6.40. The van der Waals surface area contributed by atoms with Crippen LogP contribution in [-0.2, 0) is 14.4 Å². The largest absolute Gasteiger partial charge is 0.340 e. The van der Waals surface area contributed by atoms with Crippen LogP contribution in [0.15, 0.2) is 0 Å². The maximum absolute atomic E-state index is 12.2. The number of hydrazine groups is 1. The van der Waals surface area contributed by atoms with Gasteiger partial charge in [-0.15, -0.1) is 0 Å². The second kappa shape index (κ2) is 3.36. The molecule has 3 rings (SSSR count). The van der Waals surface area contributed by atoms with Gasteiger partial charge in [-0.1, -0.05) is 31.9 Å². The first-order valence-electron chi connectivity index (χ1n) is 5.27. The molecule has 0 aromatic heterocycles. The van der Waals surface area contributed by atoms with E-state index in [1.807, 2.05) is 0 Å². The number of urea groups is 1. The van der Waals surface area contributed by atoms with Crippen LogP contribution in [0.4, 0.5) is 4.79 Å². The zero-order valence-electron chi connectivity index (χ0n) is 9.81. The van der Waals surface area contributed by atoms with E-state index >= 15 is 0 Å². The van der Waals surface area contributed by atoms with Crippen LogP contribution in [0.3, 0.4) is 0 Å². The highest BCUT2D eigenvalue weighted by molar-refractivity contribution is 9.13. The molecule has 10 heteroatoms. The lowest BCUT2D eigenvalue weighted by atomic mass is 9.81. The van der Waals surface area contributed by atoms with Crippen LogP contribution in [0.25, 0.3) is 0 Å². The monoisotopic (exact) mass is 394 g/mol. The fourth-order valence-corrected chi connectivity index (χ4v) is 4.48. The highest BCUT2D eigenvalue weighted by Gasteiger charge is 2.85. The van der Waals surface area contributed by atoms with Gasteiger partial charge in [-0.3, -0.25) is 29.6 Å². The molecule has 0 radical (unpaired) electrons. The summed E-state index contributed by atoms with van der Waals surface area (Å²) in [6.45, 7) is 0. The fourth-order valence-electron chi connectivity index (χ4n) is 2.69. The van der Waals surface area contributed by atoms with E-state index in [4.69, 9.17) is 0 Å². The van der Waals surface area contributed by atoms with Gasteiger partial charge in [-0.2, -0.15) is 5.01 Å². The maximum Gasteiger partial charge on any atom is 0.340 e.